The molecule has 22 heteroatoms. The Kier molecular flexibility index (Phi) is 20.4. The normalized spacial score (nSPS) is 38.2. The van der Waals surface area contributed by atoms with Crippen molar-refractivity contribution in [1.82, 2.24) is 24.8 Å². The predicted octanol–water partition coefficient (Wildman–Crippen LogP) is 3.91. The zero-order valence-electron chi connectivity index (χ0n) is 44.6. The Balaban J connectivity index is 1.36. The fourth-order valence-electron chi connectivity index (χ4n) is 11.0. The highest BCUT2D eigenvalue weighted by Gasteiger charge is 2.52. The minimum Gasteiger partial charge on any atom is -0.459 e. The molecule has 3 fully saturated rings. The highest BCUT2D eigenvalue weighted by Crippen LogP contribution is 2.40. The number of rotatable bonds is 16. The summed E-state index contributed by atoms with van der Waals surface area (Å²) < 4.78 is 65.9. The van der Waals surface area contributed by atoms with Crippen LogP contribution in [-0.2, 0) is 56.0 Å². The molecule has 2 aromatic rings. The van der Waals surface area contributed by atoms with Gasteiger partial charge in [0, 0.05) is 82.3 Å². The number of likely N-dealkylation sites (N-methyl/N-ethyl adjacent to an activating group) is 2. The summed E-state index contributed by atoms with van der Waals surface area (Å²) >= 11 is 0. The summed E-state index contributed by atoms with van der Waals surface area (Å²) in [4.78, 5) is 29.0. The van der Waals surface area contributed by atoms with Gasteiger partial charge in [-0.2, -0.15) is 0 Å². The number of sulfone groups is 1. The van der Waals surface area contributed by atoms with E-state index in [0.717, 1.165) is 5.69 Å². The SMILES string of the molecule is CC[C@H]1OC(=O)[C@H](C)[C@@H](O[C@H]2C[C@@](C)(OC)[C@@H](O)[C@H](C)O2)[C@H](C)[C@@H](O[C@H]2C[C@@H](N(C)CCc3cn(CCCS(=O)(=O)c4ccc([N+](=O)[O-])cc4)nn3)C[C@@H](C)O2)[C@](C)(O)C[C@@H](C)CN(C)[C@H](C)[C@@H](O)[C@]1(C)O. The standard InChI is InChI=1S/C50H84N6O15S/c1-14-40-50(10,61)44(57)34(6)54(12)28-30(2)26-48(8,60)46(32(4)43(33(5)47(59)69-40)70-42-27-49(9,66-13)45(58)35(7)68-42)71-41-25-38(24-31(3)67-41)53(11)22-20-36-29-55(52-51-36)21-15-23-72(64,65)39-18-16-37(17-19-39)56(62)63/h16-19,29-35,38,40-46,57-58,60-61H,14-15,20-28H2,1-13H3/t30-,31-,32+,33-,34-,35+,38+,40-,41+,42+,43+,44-,45+,46-,48-,49-,50-/m1/s1. The molecule has 72 heavy (non-hydrogen) atoms. The second kappa shape index (κ2) is 24.6. The average Bonchev–Trinajstić information content (AvgIpc) is 3.78. The first-order chi connectivity index (χ1) is 33.5. The van der Waals surface area contributed by atoms with Crippen molar-refractivity contribution >= 4 is 21.5 Å². The van der Waals surface area contributed by atoms with Crippen molar-refractivity contribution in [2.24, 2.45) is 17.8 Å². The number of aliphatic hydroxyl groups excluding tert-OH is 2. The van der Waals surface area contributed by atoms with E-state index in [-0.39, 0.29) is 60.1 Å². The summed E-state index contributed by atoms with van der Waals surface area (Å²) in [6.07, 6.45) is -3.78. The van der Waals surface area contributed by atoms with E-state index in [4.69, 9.17) is 28.4 Å². The lowest BCUT2D eigenvalue weighted by atomic mass is 9.77. The van der Waals surface area contributed by atoms with Crippen LogP contribution in [0.1, 0.15) is 113 Å². The third kappa shape index (κ3) is 14.6. The summed E-state index contributed by atoms with van der Waals surface area (Å²) in [5.41, 5.74) is -3.89. The maximum Gasteiger partial charge on any atom is 0.311 e. The van der Waals surface area contributed by atoms with Crippen LogP contribution in [0, 0.1) is 27.9 Å². The molecule has 0 unspecified atom stereocenters. The number of esters is 1. The van der Waals surface area contributed by atoms with E-state index >= 15 is 0 Å². The third-order valence-corrected chi connectivity index (χ3v) is 17.4. The summed E-state index contributed by atoms with van der Waals surface area (Å²) in [5, 5.41) is 66.9. The van der Waals surface area contributed by atoms with Crippen molar-refractivity contribution in [1.29, 1.82) is 0 Å². The molecule has 3 aliphatic rings. The first-order valence-electron chi connectivity index (χ1n) is 25.5. The van der Waals surface area contributed by atoms with Crippen LogP contribution in [0.2, 0.25) is 0 Å². The van der Waals surface area contributed by atoms with E-state index in [9.17, 15) is 43.8 Å². The lowest BCUT2D eigenvalue weighted by Crippen LogP contribution is -2.59. The number of ether oxygens (including phenoxy) is 6. The van der Waals surface area contributed by atoms with E-state index in [1.54, 1.807) is 52.4 Å². The number of hydrogen-bond acceptors (Lipinski definition) is 19. The van der Waals surface area contributed by atoms with Gasteiger partial charge in [-0.15, -0.1) is 5.10 Å². The molecular formula is C50H84N6O15S. The van der Waals surface area contributed by atoms with Crippen molar-refractivity contribution < 1.29 is 67.0 Å². The van der Waals surface area contributed by atoms with E-state index in [1.165, 1.54) is 38.3 Å². The topological polar surface area (TPSA) is 268 Å². The van der Waals surface area contributed by atoms with E-state index in [2.05, 4.69) is 15.2 Å². The number of nitrogens with zero attached hydrogens (tertiary/aromatic N) is 6. The Hall–Kier alpha value is -3.26. The molecule has 0 amide bonds. The van der Waals surface area contributed by atoms with Gasteiger partial charge < -0.3 is 58.6 Å². The van der Waals surface area contributed by atoms with Gasteiger partial charge in [0.05, 0.1) is 62.8 Å². The van der Waals surface area contributed by atoms with Gasteiger partial charge in [0.1, 0.15) is 23.9 Å². The van der Waals surface area contributed by atoms with Gasteiger partial charge in [0.2, 0.25) is 0 Å². The van der Waals surface area contributed by atoms with Gasteiger partial charge in [-0.1, -0.05) is 26.0 Å². The maximum atomic E-state index is 14.5. The first kappa shape index (κ1) is 59.6. The number of cyclic esters (lactones) is 1. The molecule has 21 nitrogen and oxygen atoms in total. The minimum absolute atomic E-state index is 0.0172. The smallest absolute Gasteiger partial charge is 0.311 e. The van der Waals surface area contributed by atoms with Gasteiger partial charge in [-0.25, -0.2) is 8.42 Å². The highest BCUT2D eigenvalue weighted by atomic mass is 32.2. The number of aromatic nitrogens is 3. The Morgan fingerprint density at radius 1 is 0.972 bits per heavy atom. The van der Waals surface area contributed by atoms with Crippen LogP contribution < -0.4 is 0 Å². The summed E-state index contributed by atoms with van der Waals surface area (Å²) in [6, 6.07) is 4.26. The molecule has 0 spiro atoms. The molecule has 1 aromatic carbocycles. The number of nitro benzene ring substituents is 1. The first-order valence-corrected chi connectivity index (χ1v) is 27.1. The molecule has 0 aliphatic carbocycles. The molecule has 3 aliphatic heterocycles. The monoisotopic (exact) mass is 1040 g/mol. The van der Waals surface area contributed by atoms with Crippen molar-refractivity contribution in [3.63, 3.8) is 0 Å². The van der Waals surface area contributed by atoms with Crippen LogP contribution in [0.3, 0.4) is 0 Å². The van der Waals surface area contributed by atoms with Crippen molar-refractivity contribution in [2.75, 3.05) is 40.0 Å². The molecule has 4 heterocycles. The molecule has 1 aromatic heterocycles. The largest absolute Gasteiger partial charge is 0.459 e. The highest BCUT2D eigenvalue weighted by molar-refractivity contribution is 7.91. The Morgan fingerprint density at radius 3 is 2.26 bits per heavy atom. The molecule has 0 radical (unpaired) electrons. The number of nitro groups is 1. The zero-order chi connectivity index (χ0) is 53.7. The van der Waals surface area contributed by atoms with Gasteiger partial charge in [0.25, 0.3) is 5.69 Å². The fourth-order valence-corrected chi connectivity index (χ4v) is 12.3. The number of non-ortho nitro benzene ring substituents is 1. The Morgan fingerprint density at radius 2 is 1.64 bits per heavy atom. The molecule has 17 atom stereocenters. The summed E-state index contributed by atoms with van der Waals surface area (Å²) in [5.74, 6) is -2.77. The molecule has 3 saturated heterocycles. The Labute approximate surface area is 425 Å². The van der Waals surface area contributed by atoms with Crippen LogP contribution in [0.15, 0.2) is 35.4 Å². The van der Waals surface area contributed by atoms with Gasteiger partial charge in [-0.3, -0.25) is 19.6 Å². The van der Waals surface area contributed by atoms with Crippen LogP contribution in [0.25, 0.3) is 0 Å². The minimum atomic E-state index is -3.66. The zero-order valence-corrected chi connectivity index (χ0v) is 45.4. The van der Waals surface area contributed by atoms with E-state index in [0.29, 0.717) is 38.9 Å². The summed E-state index contributed by atoms with van der Waals surface area (Å²) in [6.45, 7) is 19.1. The second-order valence-corrected chi connectivity index (χ2v) is 23.8. The quantitative estimate of drug-likeness (QED) is 0.105. The molecule has 0 saturated carbocycles. The van der Waals surface area contributed by atoms with Gasteiger partial charge >= 0.3 is 5.97 Å². The van der Waals surface area contributed by atoms with Crippen LogP contribution in [-0.4, -0.2) is 189 Å². The fraction of sp³-hybridized carbons (Fsp3) is 0.820. The molecule has 5 rings (SSSR count). The van der Waals surface area contributed by atoms with Crippen molar-refractivity contribution in [2.45, 2.75) is 210 Å². The van der Waals surface area contributed by atoms with Crippen LogP contribution in [0.5, 0.6) is 0 Å². The third-order valence-electron chi connectivity index (χ3n) is 15.5. The Bertz CT molecular complexity index is 2180. The lowest BCUT2D eigenvalue weighted by molar-refractivity contribution is -0.384. The number of aryl methyl sites for hydroxylation is 1. The maximum absolute atomic E-state index is 14.5. The number of hydrogen-bond donors (Lipinski definition) is 4. The molecule has 410 valence electrons. The average molecular weight is 1040 g/mol. The van der Waals surface area contributed by atoms with Crippen molar-refractivity contribution in [3.8, 4) is 0 Å². The molecule has 4 N–H and O–H groups in total. The number of carbonyl (C=O) groups is 1. The van der Waals surface area contributed by atoms with Gasteiger partial charge in [-0.05, 0) is 106 Å². The number of carbonyl (C=O) groups excluding carboxylic acids is 1. The molecule has 0 bridgehead atoms. The van der Waals surface area contributed by atoms with Crippen molar-refractivity contribution in [3.05, 3.63) is 46.3 Å². The summed E-state index contributed by atoms with van der Waals surface area (Å²) in [7, 11) is 1.71. The lowest BCUT2D eigenvalue weighted by Gasteiger charge is -2.48. The van der Waals surface area contributed by atoms with Gasteiger partial charge in [0.15, 0.2) is 22.4 Å². The predicted molar refractivity (Wildman–Crippen MR) is 265 cm³/mol. The number of methoxy groups -OCH3 is 1. The van der Waals surface area contributed by atoms with E-state index in [1.807, 2.05) is 39.8 Å². The number of aliphatic hydroxyl groups is 4. The molecular weight excluding hydrogens is 957 g/mol. The van der Waals surface area contributed by atoms with Crippen LogP contribution >= 0.6 is 0 Å². The number of benzene rings is 1. The van der Waals surface area contributed by atoms with Crippen LogP contribution in [0.4, 0.5) is 5.69 Å². The van der Waals surface area contributed by atoms with E-state index < -0.39 is 105 Å². The second-order valence-electron chi connectivity index (χ2n) is 21.7.